The average molecular weight is 295 g/mol. The van der Waals surface area contributed by atoms with E-state index in [9.17, 15) is 19.8 Å². The fourth-order valence-corrected chi connectivity index (χ4v) is 2.32. The van der Waals surface area contributed by atoms with Gasteiger partial charge in [0, 0.05) is 24.7 Å². The first-order chi connectivity index (χ1) is 9.95. The van der Waals surface area contributed by atoms with Gasteiger partial charge in [0.05, 0.1) is 6.10 Å². The lowest BCUT2D eigenvalue weighted by Crippen LogP contribution is -2.41. The molecule has 0 aliphatic carbocycles. The topological polar surface area (TPSA) is 107 Å². The highest BCUT2D eigenvalue weighted by molar-refractivity contribution is 5.95. The van der Waals surface area contributed by atoms with Crippen molar-refractivity contribution in [3.63, 3.8) is 0 Å². The molecule has 0 bridgehead atoms. The maximum atomic E-state index is 12.2. The van der Waals surface area contributed by atoms with Gasteiger partial charge in [0.1, 0.15) is 18.1 Å². The number of aliphatic carboxylic acids is 1. The summed E-state index contributed by atoms with van der Waals surface area (Å²) in [5.74, 6) is -1.63. The lowest BCUT2D eigenvalue weighted by atomic mass is 10.1. The number of ether oxygens (including phenoxy) is 1. The Hall–Kier alpha value is -2.28. The van der Waals surface area contributed by atoms with Crippen molar-refractivity contribution in [3.8, 4) is 11.5 Å². The van der Waals surface area contributed by atoms with Gasteiger partial charge in [0.15, 0.2) is 0 Å². The number of rotatable bonds is 4. The summed E-state index contributed by atoms with van der Waals surface area (Å²) in [7, 11) is 0. The Labute approximate surface area is 121 Å². The summed E-state index contributed by atoms with van der Waals surface area (Å²) >= 11 is 0. The molecular formula is C14H17NO6. The third-order valence-corrected chi connectivity index (χ3v) is 3.32. The number of phenolic OH excluding ortho intramolecular Hbond substituents is 2. The molecule has 114 valence electrons. The number of hydrogen-bond acceptors (Lipinski definition) is 5. The minimum Gasteiger partial charge on any atom is -0.508 e. The van der Waals surface area contributed by atoms with Crippen molar-refractivity contribution in [1.82, 2.24) is 4.90 Å². The summed E-state index contributed by atoms with van der Waals surface area (Å²) in [5, 5.41) is 27.3. The predicted octanol–water partition coefficient (Wildman–Crippen LogP) is 0.804. The second-order valence-electron chi connectivity index (χ2n) is 4.93. The van der Waals surface area contributed by atoms with Gasteiger partial charge in [-0.2, -0.15) is 0 Å². The van der Waals surface area contributed by atoms with Gasteiger partial charge < -0.3 is 25.0 Å². The number of carbonyl (C=O) groups excluding carboxylic acids is 1. The Morgan fingerprint density at radius 2 is 1.71 bits per heavy atom. The molecule has 1 aromatic carbocycles. The van der Waals surface area contributed by atoms with Crippen LogP contribution in [-0.2, 0) is 9.53 Å². The molecule has 1 aliphatic rings. The van der Waals surface area contributed by atoms with E-state index in [4.69, 9.17) is 9.84 Å². The van der Waals surface area contributed by atoms with Crippen LogP contribution in [0.2, 0.25) is 0 Å². The normalized spacial score (nSPS) is 15.9. The number of piperidine rings is 1. The van der Waals surface area contributed by atoms with Gasteiger partial charge in [-0.25, -0.2) is 4.79 Å². The molecule has 1 heterocycles. The lowest BCUT2D eigenvalue weighted by molar-refractivity contribution is -0.145. The largest absolute Gasteiger partial charge is 0.508 e. The number of carbonyl (C=O) groups is 2. The second-order valence-corrected chi connectivity index (χ2v) is 4.93. The van der Waals surface area contributed by atoms with E-state index in [1.54, 1.807) is 4.90 Å². The number of nitrogens with zero attached hydrogens (tertiary/aromatic N) is 1. The molecule has 0 saturated carbocycles. The molecule has 3 N–H and O–H groups in total. The molecule has 1 fully saturated rings. The maximum absolute atomic E-state index is 12.2. The van der Waals surface area contributed by atoms with E-state index < -0.39 is 5.97 Å². The molecule has 0 radical (unpaired) electrons. The van der Waals surface area contributed by atoms with Gasteiger partial charge in [-0.15, -0.1) is 0 Å². The molecule has 0 aromatic heterocycles. The van der Waals surface area contributed by atoms with Crippen molar-refractivity contribution >= 4 is 11.9 Å². The number of likely N-dealkylation sites (tertiary alicyclic amines) is 1. The van der Waals surface area contributed by atoms with Gasteiger partial charge >= 0.3 is 5.97 Å². The van der Waals surface area contributed by atoms with Crippen LogP contribution in [0.1, 0.15) is 23.2 Å². The predicted molar refractivity (Wildman–Crippen MR) is 72.3 cm³/mol. The molecule has 7 heteroatoms. The maximum Gasteiger partial charge on any atom is 0.329 e. The minimum absolute atomic E-state index is 0.164. The number of phenols is 2. The van der Waals surface area contributed by atoms with Crippen LogP contribution in [0.3, 0.4) is 0 Å². The molecule has 0 atom stereocenters. The SMILES string of the molecule is O=C(O)COC1CCN(C(=O)c2cc(O)cc(O)c2)CC1. The van der Waals surface area contributed by atoms with Crippen LogP contribution < -0.4 is 0 Å². The number of aromatic hydroxyl groups is 2. The molecular weight excluding hydrogens is 278 g/mol. The first-order valence-corrected chi connectivity index (χ1v) is 6.61. The van der Waals surface area contributed by atoms with Gasteiger partial charge in [-0.1, -0.05) is 0 Å². The zero-order valence-electron chi connectivity index (χ0n) is 11.4. The molecule has 1 aliphatic heterocycles. The summed E-state index contributed by atoms with van der Waals surface area (Å²) in [6.45, 7) is 0.554. The smallest absolute Gasteiger partial charge is 0.329 e. The van der Waals surface area contributed by atoms with Crippen LogP contribution in [-0.4, -0.2) is 57.9 Å². The third kappa shape index (κ3) is 4.09. The molecule has 1 aromatic rings. The number of carboxylic acids is 1. The highest BCUT2D eigenvalue weighted by atomic mass is 16.5. The fourth-order valence-electron chi connectivity index (χ4n) is 2.32. The zero-order valence-corrected chi connectivity index (χ0v) is 11.4. The van der Waals surface area contributed by atoms with E-state index >= 15 is 0 Å². The summed E-state index contributed by atoms with van der Waals surface area (Å²) in [4.78, 5) is 24.3. The highest BCUT2D eigenvalue weighted by Crippen LogP contribution is 2.23. The molecule has 2 rings (SSSR count). The summed E-state index contributed by atoms with van der Waals surface area (Å²) < 4.78 is 5.20. The van der Waals surface area contributed by atoms with Crippen LogP contribution in [0.4, 0.5) is 0 Å². The van der Waals surface area contributed by atoms with Gasteiger partial charge in [0.25, 0.3) is 5.91 Å². The van der Waals surface area contributed by atoms with Crippen LogP contribution in [0.15, 0.2) is 18.2 Å². The van der Waals surface area contributed by atoms with Gasteiger partial charge in [-0.05, 0) is 25.0 Å². The molecule has 21 heavy (non-hydrogen) atoms. The Morgan fingerprint density at radius 3 is 2.24 bits per heavy atom. The minimum atomic E-state index is -1.01. The van der Waals surface area contributed by atoms with Crippen molar-refractivity contribution in [1.29, 1.82) is 0 Å². The number of carboxylic acid groups (broad SMARTS) is 1. The Kier molecular flexibility index (Phi) is 4.64. The first-order valence-electron chi connectivity index (χ1n) is 6.61. The monoisotopic (exact) mass is 295 g/mol. The fraction of sp³-hybridized carbons (Fsp3) is 0.429. The van der Waals surface area contributed by atoms with Crippen molar-refractivity contribution < 1.29 is 29.6 Å². The van der Waals surface area contributed by atoms with E-state index in [-0.39, 0.29) is 35.7 Å². The highest BCUT2D eigenvalue weighted by Gasteiger charge is 2.25. The quantitative estimate of drug-likeness (QED) is 0.758. The van der Waals surface area contributed by atoms with Crippen molar-refractivity contribution in [3.05, 3.63) is 23.8 Å². The molecule has 1 amide bonds. The molecule has 0 spiro atoms. The number of benzene rings is 1. The van der Waals surface area contributed by atoms with Crippen molar-refractivity contribution in [2.24, 2.45) is 0 Å². The van der Waals surface area contributed by atoms with Gasteiger partial charge in [0.2, 0.25) is 0 Å². The lowest BCUT2D eigenvalue weighted by Gasteiger charge is -2.31. The standard InChI is InChI=1S/C14H17NO6/c16-10-5-9(6-11(17)7-10)14(20)15-3-1-12(2-4-15)21-8-13(18)19/h5-7,12,16-17H,1-4,8H2,(H,18,19). The summed E-state index contributed by atoms with van der Waals surface area (Å²) in [6.07, 6.45) is 0.955. The van der Waals surface area contributed by atoms with E-state index in [1.165, 1.54) is 12.1 Å². The van der Waals surface area contributed by atoms with E-state index in [0.717, 1.165) is 6.07 Å². The van der Waals surface area contributed by atoms with E-state index in [2.05, 4.69) is 0 Å². The third-order valence-electron chi connectivity index (χ3n) is 3.32. The zero-order chi connectivity index (χ0) is 15.4. The summed E-state index contributed by atoms with van der Waals surface area (Å²) in [5.41, 5.74) is 0.220. The van der Waals surface area contributed by atoms with E-state index in [1.807, 2.05) is 0 Å². The molecule has 0 unspecified atom stereocenters. The Balaban J connectivity index is 1.92. The van der Waals surface area contributed by atoms with Crippen molar-refractivity contribution in [2.75, 3.05) is 19.7 Å². The number of hydrogen-bond donors (Lipinski definition) is 3. The van der Waals surface area contributed by atoms with Crippen LogP contribution >= 0.6 is 0 Å². The molecule has 7 nitrogen and oxygen atoms in total. The summed E-state index contributed by atoms with van der Waals surface area (Å²) in [6, 6.07) is 3.76. The average Bonchev–Trinajstić information content (AvgIpc) is 2.44. The second kappa shape index (κ2) is 6.45. The first kappa shape index (κ1) is 15.1. The Morgan fingerprint density at radius 1 is 1.14 bits per heavy atom. The molecule has 1 saturated heterocycles. The number of amides is 1. The Bertz CT molecular complexity index is 516. The van der Waals surface area contributed by atoms with Crippen LogP contribution in [0, 0.1) is 0 Å². The van der Waals surface area contributed by atoms with Crippen LogP contribution in [0.5, 0.6) is 11.5 Å². The van der Waals surface area contributed by atoms with E-state index in [0.29, 0.717) is 25.9 Å². The van der Waals surface area contributed by atoms with Gasteiger partial charge in [-0.3, -0.25) is 4.79 Å². The van der Waals surface area contributed by atoms with Crippen LogP contribution in [0.25, 0.3) is 0 Å². The van der Waals surface area contributed by atoms with Crippen molar-refractivity contribution in [2.45, 2.75) is 18.9 Å².